The molecule has 0 aliphatic heterocycles. The maximum absolute atomic E-state index is 12.9. The molecule has 120 valence electrons. The van der Waals surface area contributed by atoms with Gasteiger partial charge >= 0.3 is 0 Å². The van der Waals surface area contributed by atoms with Crippen molar-refractivity contribution < 1.29 is 4.79 Å². The molecule has 0 amide bonds. The minimum atomic E-state index is 0.0156. The molecular formula is C17H18ClN3OS. The molecule has 3 rings (SSSR count). The van der Waals surface area contributed by atoms with E-state index >= 15 is 0 Å². The maximum Gasteiger partial charge on any atom is 0.245 e. The molecule has 6 heteroatoms. The van der Waals surface area contributed by atoms with Crippen LogP contribution < -0.4 is 0 Å². The monoisotopic (exact) mass is 347 g/mol. The number of hydrogen-bond donors (Lipinski definition) is 0. The molecule has 23 heavy (non-hydrogen) atoms. The highest BCUT2D eigenvalue weighted by molar-refractivity contribution is 7.13. The van der Waals surface area contributed by atoms with Crippen molar-refractivity contribution in [2.75, 3.05) is 20.6 Å². The van der Waals surface area contributed by atoms with Gasteiger partial charge in [0.25, 0.3) is 0 Å². The van der Waals surface area contributed by atoms with Gasteiger partial charge in [0.2, 0.25) is 5.91 Å². The lowest BCUT2D eigenvalue weighted by molar-refractivity contribution is 0.0886. The number of aryl methyl sites for hydroxylation is 1. The fourth-order valence-electron chi connectivity index (χ4n) is 2.60. The third-order valence-electron chi connectivity index (χ3n) is 3.56. The summed E-state index contributed by atoms with van der Waals surface area (Å²) in [6, 6.07) is 13.6. The van der Waals surface area contributed by atoms with E-state index in [-0.39, 0.29) is 5.91 Å². The first-order valence-electron chi connectivity index (χ1n) is 7.25. The average molecular weight is 348 g/mol. The Balaban J connectivity index is 2.51. The molecule has 0 spiro atoms. The second-order valence-electron chi connectivity index (χ2n) is 5.66. The lowest BCUT2D eigenvalue weighted by Gasteiger charge is -2.13. The van der Waals surface area contributed by atoms with Crippen LogP contribution in [0.4, 0.5) is 0 Å². The molecule has 0 atom stereocenters. The lowest BCUT2D eigenvalue weighted by Crippen LogP contribution is -2.26. The van der Waals surface area contributed by atoms with Crippen molar-refractivity contribution in [2.45, 2.75) is 0 Å². The third-order valence-corrected chi connectivity index (χ3v) is 4.81. The Morgan fingerprint density at radius 1 is 1.13 bits per heavy atom. The van der Waals surface area contributed by atoms with Gasteiger partial charge < -0.3 is 4.90 Å². The Labute approximate surface area is 144 Å². The number of hydrogen-bond acceptors (Lipinski definition) is 3. The maximum atomic E-state index is 12.9. The number of likely N-dealkylation sites (N-methyl/N-ethyl adjacent to an activating group) is 1. The first-order valence-corrected chi connectivity index (χ1v) is 8.40. The first kappa shape index (κ1) is 16.1. The van der Waals surface area contributed by atoms with Crippen molar-refractivity contribution in [2.24, 2.45) is 7.05 Å². The highest BCUT2D eigenvalue weighted by Gasteiger charge is 2.13. The predicted octanol–water partition coefficient (Wildman–Crippen LogP) is 4.17. The van der Waals surface area contributed by atoms with Gasteiger partial charge in [0.1, 0.15) is 0 Å². The number of rotatable bonds is 2. The second-order valence-corrected chi connectivity index (χ2v) is 7.26. The Kier molecular flexibility index (Phi) is 4.43. The van der Waals surface area contributed by atoms with E-state index < -0.39 is 0 Å². The largest absolute Gasteiger partial charge is 0.301 e. The number of carbonyl (C=O) groups is 1. The molecule has 1 aromatic heterocycles. The zero-order valence-corrected chi connectivity index (χ0v) is 14.9. The average Bonchev–Trinajstić information content (AvgIpc) is 2.61. The van der Waals surface area contributed by atoms with E-state index in [1.54, 1.807) is 16.1 Å². The van der Waals surface area contributed by atoms with E-state index in [0.717, 1.165) is 21.3 Å². The quantitative estimate of drug-likeness (QED) is 0.696. The predicted molar refractivity (Wildman–Crippen MR) is 98.1 cm³/mol. The minimum absolute atomic E-state index is 0.0156. The van der Waals surface area contributed by atoms with E-state index in [1.807, 2.05) is 68.5 Å². The van der Waals surface area contributed by atoms with Crippen LogP contribution in [0.2, 0.25) is 5.02 Å². The highest BCUT2D eigenvalue weighted by atomic mass is 35.5. The molecule has 0 fully saturated rings. The van der Waals surface area contributed by atoms with Gasteiger partial charge in [0, 0.05) is 12.1 Å². The summed E-state index contributed by atoms with van der Waals surface area (Å²) in [5, 5.41) is 0.619. The molecule has 4 nitrogen and oxygen atoms in total. The summed E-state index contributed by atoms with van der Waals surface area (Å²) < 4.78 is 4.85. The zero-order chi connectivity index (χ0) is 16.6. The molecule has 0 radical (unpaired) electrons. The SMILES string of the molecule is CN(C)CC(=O)n1c2cc(Cl)ccc2sn(C)c2ccccc21. The molecule has 0 saturated carbocycles. The van der Waals surface area contributed by atoms with E-state index in [1.165, 1.54) is 0 Å². The van der Waals surface area contributed by atoms with Gasteiger partial charge in [-0.3, -0.25) is 13.3 Å². The van der Waals surface area contributed by atoms with Gasteiger partial charge in [-0.05, 0) is 44.4 Å². The zero-order valence-electron chi connectivity index (χ0n) is 13.3. The van der Waals surface area contributed by atoms with E-state index in [9.17, 15) is 4.79 Å². The van der Waals surface area contributed by atoms with Crippen molar-refractivity contribution in [3.63, 3.8) is 0 Å². The van der Waals surface area contributed by atoms with E-state index in [0.29, 0.717) is 11.6 Å². The summed E-state index contributed by atoms with van der Waals surface area (Å²) in [6.45, 7) is 0.328. The summed E-state index contributed by atoms with van der Waals surface area (Å²) in [4.78, 5) is 14.8. The van der Waals surface area contributed by atoms with Gasteiger partial charge in [0.05, 0.1) is 27.8 Å². The molecule has 0 aliphatic rings. The van der Waals surface area contributed by atoms with Crippen LogP contribution in [0.3, 0.4) is 0 Å². The molecule has 0 unspecified atom stereocenters. The number of para-hydroxylation sites is 2. The number of benzene rings is 2. The normalized spacial score (nSPS) is 11.3. The van der Waals surface area contributed by atoms with Crippen molar-refractivity contribution in [3.8, 4) is 0 Å². The van der Waals surface area contributed by atoms with Gasteiger partial charge in [0.15, 0.2) is 0 Å². The number of carbonyl (C=O) groups excluding carboxylic acids is 1. The summed E-state index contributed by atoms with van der Waals surface area (Å²) in [5.41, 5.74) is 2.69. The van der Waals surface area contributed by atoms with Gasteiger partial charge in [-0.15, -0.1) is 0 Å². The first-order chi connectivity index (χ1) is 11.0. The highest BCUT2D eigenvalue weighted by Crippen LogP contribution is 2.26. The van der Waals surface area contributed by atoms with Crippen LogP contribution in [0.25, 0.3) is 21.3 Å². The van der Waals surface area contributed by atoms with E-state index in [2.05, 4.69) is 3.96 Å². The molecular weight excluding hydrogens is 330 g/mol. The van der Waals surface area contributed by atoms with Crippen LogP contribution in [0, 0.1) is 0 Å². The number of halogens is 1. The Morgan fingerprint density at radius 3 is 2.52 bits per heavy atom. The fourth-order valence-corrected chi connectivity index (χ4v) is 3.69. The topological polar surface area (TPSA) is 30.2 Å². The Hall–Kier alpha value is -1.82. The van der Waals surface area contributed by atoms with Crippen molar-refractivity contribution in [3.05, 3.63) is 47.5 Å². The van der Waals surface area contributed by atoms with Crippen LogP contribution in [-0.2, 0) is 7.05 Å². The van der Waals surface area contributed by atoms with Crippen molar-refractivity contribution in [1.29, 1.82) is 0 Å². The van der Waals surface area contributed by atoms with Crippen LogP contribution in [0.5, 0.6) is 0 Å². The van der Waals surface area contributed by atoms with Gasteiger partial charge in [-0.25, -0.2) is 0 Å². The molecule has 0 N–H and O–H groups in total. The summed E-state index contributed by atoms with van der Waals surface area (Å²) in [5.74, 6) is 0.0156. The van der Waals surface area contributed by atoms with Crippen LogP contribution in [-0.4, -0.2) is 40.0 Å². The number of fused-ring (bicyclic) bond motifs is 2. The van der Waals surface area contributed by atoms with Crippen molar-refractivity contribution in [1.82, 2.24) is 13.4 Å². The standard InChI is InChI=1S/C17H18ClN3OS/c1-19(2)11-17(22)21-14-7-5-4-6-13(14)20(3)23-16-9-8-12(18)10-15(16)21/h4-10H,11H2,1-3H3. The van der Waals surface area contributed by atoms with Gasteiger partial charge in [-0.1, -0.05) is 35.3 Å². The Bertz CT molecular complexity index is 934. The summed E-state index contributed by atoms with van der Waals surface area (Å²) in [7, 11) is 5.78. The minimum Gasteiger partial charge on any atom is -0.301 e. The Morgan fingerprint density at radius 2 is 1.83 bits per heavy atom. The summed E-state index contributed by atoms with van der Waals surface area (Å²) in [6.07, 6.45) is 0. The number of aromatic nitrogens is 2. The third kappa shape index (κ3) is 3.13. The van der Waals surface area contributed by atoms with Crippen LogP contribution in [0.1, 0.15) is 4.79 Å². The molecule has 3 aromatic rings. The molecule has 1 heterocycles. The molecule has 0 bridgehead atoms. The van der Waals surface area contributed by atoms with Crippen LogP contribution in [0.15, 0.2) is 42.5 Å². The molecule has 0 aliphatic carbocycles. The number of nitrogens with zero attached hydrogens (tertiary/aromatic N) is 3. The smallest absolute Gasteiger partial charge is 0.245 e. The van der Waals surface area contributed by atoms with Crippen LogP contribution >= 0.6 is 23.1 Å². The molecule has 0 saturated heterocycles. The lowest BCUT2D eigenvalue weighted by atomic mass is 10.2. The second kappa shape index (κ2) is 6.35. The fraction of sp³-hybridized carbons (Fsp3) is 0.235. The van der Waals surface area contributed by atoms with Crippen molar-refractivity contribution >= 4 is 50.3 Å². The molecule has 2 aromatic carbocycles. The van der Waals surface area contributed by atoms with E-state index in [4.69, 9.17) is 11.6 Å². The summed E-state index contributed by atoms with van der Waals surface area (Å²) >= 11 is 7.79. The van der Waals surface area contributed by atoms with Gasteiger partial charge in [-0.2, -0.15) is 0 Å².